The van der Waals surface area contributed by atoms with Crippen LogP contribution in [0.25, 0.3) is 0 Å². The fourth-order valence-corrected chi connectivity index (χ4v) is 1.46. The van der Waals surface area contributed by atoms with Crippen molar-refractivity contribution in [1.29, 1.82) is 0 Å². The molecule has 74 valence electrons. The lowest BCUT2D eigenvalue weighted by Gasteiger charge is -2.14. The number of likely N-dealkylation sites (tertiary alicyclic amines) is 1. The fourth-order valence-electron chi connectivity index (χ4n) is 1.46. The number of ether oxygens (including phenoxy) is 1. The smallest absolute Gasteiger partial charge is 0.409 e. The Bertz CT molecular complexity index is 217. The molecule has 1 N–H and O–H groups in total. The summed E-state index contributed by atoms with van der Waals surface area (Å²) in [6, 6.07) is 0.0802. The third-order valence-electron chi connectivity index (χ3n) is 2.03. The summed E-state index contributed by atoms with van der Waals surface area (Å²) in [4.78, 5) is 23.3. The van der Waals surface area contributed by atoms with Gasteiger partial charge in [0.2, 0.25) is 5.91 Å². The molecule has 0 aromatic heterocycles. The number of carbonyl (C=O) groups is 2. The van der Waals surface area contributed by atoms with E-state index < -0.39 is 0 Å². The van der Waals surface area contributed by atoms with E-state index in [1.165, 1.54) is 14.0 Å². The molecule has 0 aromatic carbocycles. The Kier molecular flexibility index (Phi) is 3.11. The molecule has 13 heavy (non-hydrogen) atoms. The van der Waals surface area contributed by atoms with Crippen LogP contribution in [0.2, 0.25) is 0 Å². The first-order valence-electron chi connectivity index (χ1n) is 4.23. The van der Waals surface area contributed by atoms with E-state index >= 15 is 0 Å². The molecule has 0 aromatic rings. The first-order chi connectivity index (χ1) is 6.13. The first kappa shape index (κ1) is 9.83. The summed E-state index contributed by atoms with van der Waals surface area (Å²) in [6.45, 7) is 2.67. The van der Waals surface area contributed by atoms with Crippen LogP contribution in [0.15, 0.2) is 0 Å². The maximum absolute atomic E-state index is 11.0. The number of rotatable bonds is 1. The molecule has 1 fully saturated rings. The Morgan fingerprint density at radius 2 is 2.23 bits per heavy atom. The van der Waals surface area contributed by atoms with Crippen LogP contribution in [0.5, 0.6) is 0 Å². The van der Waals surface area contributed by atoms with Crippen molar-refractivity contribution >= 4 is 12.0 Å². The number of hydrogen-bond acceptors (Lipinski definition) is 3. The SMILES string of the molecule is COC(=O)N1CC[C@H](NC(C)=O)C1. The maximum atomic E-state index is 11.0. The number of nitrogens with zero attached hydrogens (tertiary/aromatic N) is 1. The highest BCUT2D eigenvalue weighted by Crippen LogP contribution is 2.09. The molecule has 0 unspecified atom stereocenters. The minimum atomic E-state index is -0.326. The van der Waals surface area contributed by atoms with Gasteiger partial charge in [0, 0.05) is 26.1 Å². The lowest BCUT2D eigenvalue weighted by molar-refractivity contribution is -0.119. The molecule has 0 bridgehead atoms. The van der Waals surface area contributed by atoms with Crippen LogP contribution >= 0.6 is 0 Å². The predicted molar refractivity (Wildman–Crippen MR) is 46.2 cm³/mol. The number of hydrogen-bond donors (Lipinski definition) is 1. The first-order valence-corrected chi connectivity index (χ1v) is 4.23. The van der Waals surface area contributed by atoms with Gasteiger partial charge < -0.3 is 15.0 Å². The van der Waals surface area contributed by atoms with Gasteiger partial charge in [-0.2, -0.15) is 0 Å². The van der Waals surface area contributed by atoms with E-state index in [4.69, 9.17) is 0 Å². The zero-order valence-electron chi connectivity index (χ0n) is 7.87. The van der Waals surface area contributed by atoms with Crippen molar-refractivity contribution in [3.63, 3.8) is 0 Å². The highest BCUT2D eigenvalue weighted by Gasteiger charge is 2.26. The summed E-state index contributed by atoms with van der Waals surface area (Å²) in [5.74, 6) is -0.0586. The van der Waals surface area contributed by atoms with Crippen LogP contribution in [0.3, 0.4) is 0 Å². The number of nitrogens with one attached hydrogen (secondary N) is 1. The van der Waals surface area contributed by atoms with Crippen molar-refractivity contribution in [3.05, 3.63) is 0 Å². The Morgan fingerprint density at radius 3 is 2.77 bits per heavy atom. The average molecular weight is 186 g/mol. The van der Waals surface area contributed by atoms with E-state index in [1.807, 2.05) is 0 Å². The van der Waals surface area contributed by atoms with Crippen molar-refractivity contribution in [3.8, 4) is 0 Å². The Labute approximate surface area is 77.0 Å². The summed E-state index contributed by atoms with van der Waals surface area (Å²) in [5.41, 5.74) is 0. The molecule has 0 spiro atoms. The molecule has 2 amide bonds. The Morgan fingerprint density at radius 1 is 1.54 bits per heavy atom. The van der Waals surface area contributed by atoms with Gasteiger partial charge in [0.1, 0.15) is 0 Å². The van der Waals surface area contributed by atoms with Gasteiger partial charge in [-0.25, -0.2) is 4.79 Å². The van der Waals surface area contributed by atoms with Crippen molar-refractivity contribution < 1.29 is 14.3 Å². The van der Waals surface area contributed by atoms with Gasteiger partial charge in [-0.3, -0.25) is 4.79 Å². The normalized spacial score (nSPS) is 21.4. The Balaban J connectivity index is 2.36. The molecular formula is C8H14N2O3. The van der Waals surface area contributed by atoms with Crippen LogP contribution in [0, 0.1) is 0 Å². The van der Waals surface area contributed by atoms with Gasteiger partial charge in [-0.15, -0.1) is 0 Å². The predicted octanol–water partition coefficient (Wildman–Crippen LogP) is -0.0368. The monoisotopic (exact) mass is 186 g/mol. The summed E-state index contributed by atoms with van der Waals surface area (Å²) in [7, 11) is 1.36. The van der Waals surface area contributed by atoms with Crippen LogP contribution < -0.4 is 5.32 Å². The molecule has 5 heteroatoms. The molecular weight excluding hydrogens is 172 g/mol. The van der Waals surface area contributed by atoms with E-state index in [0.29, 0.717) is 13.1 Å². The lowest BCUT2D eigenvalue weighted by atomic mass is 10.3. The molecule has 0 radical (unpaired) electrons. The molecule has 0 saturated carbocycles. The number of amides is 2. The van der Waals surface area contributed by atoms with Crippen molar-refractivity contribution in [2.45, 2.75) is 19.4 Å². The van der Waals surface area contributed by atoms with E-state index in [0.717, 1.165) is 6.42 Å². The summed E-state index contributed by atoms with van der Waals surface area (Å²) in [5, 5.41) is 2.76. The van der Waals surface area contributed by atoms with Crippen molar-refractivity contribution in [1.82, 2.24) is 10.2 Å². The van der Waals surface area contributed by atoms with Crippen molar-refractivity contribution in [2.75, 3.05) is 20.2 Å². The zero-order valence-corrected chi connectivity index (χ0v) is 7.87. The molecule has 1 aliphatic rings. The van der Waals surface area contributed by atoms with Gasteiger partial charge >= 0.3 is 6.09 Å². The fraction of sp³-hybridized carbons (Fsp3) is 0.750. The largest absolute Gasteiger partial charge is 0.453 e. The number of methoxy groups -OCH3 is 1. The van der Waals surface area contributed by atoms with Crippen LogP contribution in [0.1, 0.15) is 13.3 Å². The Hall–Kier alpha value is -1.26. The second-order valence-corrected chi connectivity index (χ2v) is 3.10. The molecule has 1 atom stereocenters. The maximum Gasteiger partial charge on any atom is 0.409 e. The highest BCUT2D eigenvalue weighted by molar-refractivity contribution is 5.73. The van der Waals surface area contributed by atoms with Gasteiger partial charge in [0.25, 0.3) is 0 Å². The minimum absolute atomic E-state index is 0.0586. The molecule has 1 aliphatic heterocycles. The average Bonchev–Trinajstić information content (AvgIpc) is 2.50. The van der Waals surface area contributed by atoms with E-state index in [2.05, 4.69) is 10.1 Å². The second-order valence-electron chi connectivity index (χ2n) is 3.10. The quantitative estimate of drug-likeness (QED) is 0.625. The zero-order chi connectivity index (χ0) is 9.84. The van der Waals surface area contributed by atoms with Crippen LogP contribution in [0.4, 0.5) is 4.79 Å². The van der Waals surface area contributed by atoms with E-state index in [9.17, 15) is 9.59 Å². The van der Waals surface area contributed by atoms with Gasteiger partial charge in [0.15, 0.2) is 0 Å². The molecule has 1 rings (SSSR count). The van der Waals surface area contributed by atoms with Crippen molar-refractivity contribution in [2.24, 2.45) is 0 Å². The third kappa shape index (κ3) is 2.61. The molecule has 5 nitrogen and oxygen atoms in total. The second kappa shape index (κ2) is 4.11. The van der Waals surface area contributed by atoms with E-state index in [1.54, 1.807) is 4.90 Å². The lowest BCUT2D eigenvalue weighted by Crippen LogP contribution is -2.37. The van der Waals surface area contributed by atoms with E-state index in [-0.39, 0.29) is 18.0 Å². The summed E-state index contributed by atoms with van der Waals surface area (Å²) < 4.78 is 4.56. The minimum Gasteiger partial charge on any atom is -0.453 e. The van der Waals surface area contributed by atoms with Gasteiger partial charge in [0.05, 0.1) is 7.11 Å². The molecule has 1 heterocycles. The van der Waals surface area contributed by atoms with Crippen LogP contribution in [-0.4, -0.2) is 43.1 Å². The standard InChI is InChI=1S/C8H14N2O3/c1-6(11)9-7-3-4-10(5-7)8(12)13-2/h7H,3-5H2,1-2H3,(H,9,11)/t7-/m0/s1. The topological polar surface area (TPSA) is 58.6 Å². The van der Waals surface area contributed by atoms with Gasteiger partial charge in [-0.1, -0.05) is 0 Å². The van der Waals surface area contributed by atoms with Crippen LogP contribution in [-0.2, 0) is 9.53 Å². The third-order valence-corrected chi connectivity index (χ3v) is 2.03. The molecule has 1 saturated heterocycles. The summed E-state index contributed by atoms with van der Waals surface area (Å²) >= 11 is 0. The highest BCUT2D eigenvalue weighted by atomic mass is 16.5. The number of carbonyl (C=O) groups excluding carboxylic acids is 2. The summed E-state index contributed by atoms with van der Waals surface area (Å²) in [6.07, 6.45) is 0.474. The molecule has 0 aliphatic carbocycles. The van der Waals surface area contributed by atoms with Gasteiger partial charge in [-0.05, 0) is 6.42 Å².